The van der Waals surface area contributed by atoms with Crippen LogP contribution in [0.1, 0.15) is 0 Å². The van der Waals surface area contributed by atoms with Gasteiger partial charge in [0.25, 0.3) is 0 Å². The van der Waals surface area contributed by atoms with E-state index in [1.165, 1.54) is 40.3 Å². The Morgan fingerprint density at radius 1 is 0.250 bits per heavy atom. The zero-order chi connectivity index (χ0) is 47.5. The van der Waals surface area contributed by atoms with Crippen molar-refractivity contribution >= 4 is 136 Å². The maximum absolute atomic E-state index is 6.51. The number of rotatable bonds is 10. The van der Waals surface area contributed by atoms with Crippen LogP contribution in [0, 0.1) is 0 Å². The van der Waals surface area contributed by atoms with Crippen LogP contribution in [-0.4, -0.2) is 0 Å². The summed E-state index contributed by atoms with van der Waals surface area (Å²) in [7, 11) is 0. The fourth-order valence-corrected chi connectivity index (χ4v) is 12.8. The molecule has 3 heterocycles. The van der Waals surface area contributed by atoms with Crippen molar-refractivity contribution in [3.63, 3.8) is 0 Å². The number of para-hydroxylation sites is 5. The second kappa shape index (κ2) is 17.5. The third-order valence-corrected chi connectivity index (χ3v) is 16.0. The minimum atomic E-state index is 0.855. The Hall–Kier alpha value is -8.94. The zero-order valence-corrected chi connectivity index (χ0v) is 40.5. The second-order valence-corrected chi connectivity index (χ2v) is 20.3. The molecule has 0 radical (unpaired) electrons. The molecule has 11 aromatic carbocycles. The Kier molecular flexibility index (Phi) is 10.2. The molecule has 0 aliphatic rings. The third kappa shape index (κ3) is 7.27. The first-order valence-corrected chi connectivity index (χ1v) is 25.9. The van der Waals surface area contributed by atoms with Gasteiger partial charge in [-0.05, 0) is 132 Å². The van der Waals surface area contributed by atoms with E-state index in [2.05, 4.69) is 263 Å². The molecule has 6 heteroatoms. The van der Waals surface area contributed by atoms with Gasteiger partial charge in [0, 0.05) is 103 Å². The fourth-order valence-electron chi connectivity index (χ4n) is 10.5. The van der Waals surface area contributed by atoms with Crippen LogP contribution in [-0.2, 0) is 0 Å². The van der Waals surface area contributed by atoms with E-state index in [9.17, 15) is 0 Å². The molecule has 0 spiro atoms. The molecule has 14 rings (SSSR count). The molecule has 3 aromatic heterocycles. The van der Waals surface area contributed by atoms with E-state index in [1.807, 2.05) is 34.8 Å². The first kappa shape index (κ1) is 42.0. The van der Waals surface area contributed by atoms with Crippen LogP contribution in [0.25, 0.3) is 73.4 Å². The molecule has 0 saturated carbocycles. The molecular weight excluding hydrogens is 915 g/mol. The van der Waals surface area contributed by atoms with E-state index in [1.54, 1.807) is 0 Å². The van der Waals surface area contributed by atoms with Crippen molar-refractivity contribution in [3.8, 4) is 11.1 Å². The Labute approximate surface area is 424 Å². The smallest absolute Gasteiger partial charge is 0.137 e. The van der Waals surface area contributed by atoms with E-state index in [0.29, 0.717) is 0 Å². The van der Waals surface area contributed by atoms with Crippen molar-refractivity contribution < 1.29 is 4.42 Å². The molecule has 0 amide bonds. The standard InChI is InChI=1S/C66H43N3OS2/c1-5-19-46(20-6-1)67(51-34-37-63-58(40-51)56-29-14-16-31-62(56)71-63)50-27-17-18-44(38-50)45-32-35-57-64(39-45)72-65-43-53(41-59(66(57)65)69(48-23-9-3-10-24-48)49-25-11-4-12-26-49)68(47-21-7-2-8-22-47)52-33-36-55-54-28-13-15-30-60(54)70-61(55)42-52/h1-43H. The Morgan fingerprint density at radius 2 is 0.764 bits per heavy atom. The fraction of sp³-hybridized carbons (Fsp3) is 0. The Bertz CT molecular complexity index is 4260. The van der Waals surface area contributed by atoms with Gasteiger partial charge in [-0.15, -0.1) is 22.7 Å². The van der Waals surface area contributed by atoms with Crippen LogP contribution in [0.3, 0.4) is 0 Å². The number of nitrogens with zero attached hydrogens (tertiary/aromatic N) is 3. The van der Waals surface area contributed by atoms with Gasteiger partial charge in [0.15, 0.2) is 0 Å². The van der Waals surface area contributed by atoms with Crippen LogP contribution in [0.5, 0.6) is 0 Å². The van der Waals surface area contributed by atoms with Gasteiger partial charge >= 0.3 is 0 Å². The van der Waals surface area contributed by atoms with Gasteiger partial charge in [-0.2, -0.15) is 0 Å². The molecule has 0 atom stereocenters. The molecule has 0 fully saturated rings. The second-order valence-electron chi connectivity index (χ2n) is 18.1. The first-order valence-electron chi connectivity index (χ1n) is 24.2. The van der Waals surface area contributed by atoms with Crippen LogP contribution in [0.4, 0.5) is 51.2 Å². The average molecular weight is 958 g/mol. The normalized spacial score (nSPS) is 11.6. The lowest BCUT2D eigenvalue weighted by Crippen LogP contribution is -2.13. The number of furan rings is 1. The van der Waals surface area contributed by atoms with Crippen molar-refractivity contribution in [2.24, 2.45) is 0 Å². The highest BCUT2D eigenvalue weighted by molar-refractivity contribution is 7.26. The van der Waals surface area contributed by atoms with Crippen LogP contribution < -0.4 is 14.7 Å². The summed E-state index contributed by atoms with van der Waals surface area (Å²) in [6.45, 7) is 0. The van der Waals surface area contributed by atoms with Crippen molar-refractivity contribution in [1.82, 2.24) is 0 Å². The number of hydrogen-bond donors (Lipinski definition) is 0. The topological polar surface area (TPSA) is 22.9 Å². The van der Waals surface area contributed by atoms with Crippen molar-refractivity contribution in [3.05, 3.63) is 261 Å². The molecule has 72 heavy (non-hydrogen) atoms. The molecule has 340 valence electrons. The van der Waals surface area contributed by atoms with Crippen molar-refractivity contribution in [1.29, 1.82) is 0 Å². The zero-order valence-electron chi connectivity index (χ0n) is 38.9. The third-order valence-electron chi connectivity index (χ3n) is 13.8. The number of hydrogen-bond acceptors (Lipinski definition) is 6. The number of thiophene rings is 2. The Morgan fingerprint density at radius 3 is 1.49 bits per heavy atom. The predicted molar refractivity (Wildman–Crippen MR) is 309 cm³/mol. The number of anilines is 9. The van der Waals surface area contributed by atoms with Gasteiger partial charge in [0.2, 0.25) is 0 Å². The highest BCUT2D eigenvalue weighted by atomic mass is 32.1. The Balaban J connectivity index is 0.950. The van der Waals surface area contributed by atoms with E-state index in [0.717, 1.165) is 84.3 Å². The van der Waals surface area contributed by atoms with Crippen LogP contribution >= 0.6 is 22.7 Å². The summed E-state index contributed by atoms with van der Waals surface area (Å²) in [6.07, 6.45) is 0. The maximum atomic E-state index is 6.51. The molecule has 0 aliphatic carbocycles. The van der Waals surface area contributed by atoms with Gasteiger partial charge < -0.3 is 19.1 Å². The SMILES string of the molecule is c1ccc(N(c2ccc3c(c2)oc2ccccc23)c2cc(N(c3ccccc3)c3ccccc3)c3c(c2)sc2cc(-c4cccc(N(c5ccccc5)c5ccc6sc7ccccc7c6c5)c4)ccc23)cc1. The lowest BCUT2D eigenvalue weighted by Gasteiger charge is -2.30. The quantitative estimate of drug-likeness (QED) is 0.136. The summed E-state index contributed by atoms with van der Waals surface area (Å²) in [6, 6.07) is 94.1. The first-order chi connectivity index (χ1) is 35.7. The van der Waals surface area contributed by atoms with Crippen LogP contribution in [0.15, 0.2) is 265 Å². The number of benzene rings is 11. The van der Waals surface area contributed by atoms with E-state index < -0.39 is 0 Å². The van der Waals surface area contributed by atoms with Gasteiger partial charge in [0.05, 0.1) is 5.69 Å². The summed E-state index contributed by atoms with van der Waals surface area (Å²) in [5.74, 6) is 0. The molecule has 0 aliphatic heterocycles. The van der Waals surface area contributed by atoms with Crippen molar-refractivity contribution in [2.45, 2.75) is 0 Å². The summed E-state index contributed by atoms with van der Waals surface area (Å²) >= 11 is 3.70. The van der Waals surface area contributed by atoms with Gasteiger partial charge in [-0.1, -0.05) is 133 Å². The molecule has 0 N–H and O–H groups in total. The monoisotopic (exact) mass is 957 g/mol. The highest BCUT2D eigenvalue weighted by Crippen LogP contribution is 2.50. The van der Waals surface area contributed by atoms with Crippen molar-refractivity contribution in [2.75, 3.05) is 14.7 Å². The van der Waals surface area contributed by atoms with E-state index >= 15 is 0 Å². The summed E-state index contributed by atoms with van der Waals surface area (Å²) in [5.41, 5.74) is 13.8. The summed E-state index contributed by atoms with van der Waals surface area (Å²) in [5, 5.41) is 7.21. The lowest BCUT2D eigenvalue weighted by molar-refractivity contribution is 0.669. The average Bonchev–Trinajstić information content (AvgIpc) is 4.13. The molecule has 0 unspecified atom stereocenters. The summed E-state index contributed by atoms with van der Waals surface area (Å²) < 4.78 is 11.5. The van der Waals surface area contributed by atoms with Crippen LogP contribution in [0.2, 0.25) is 0 Å². The highest BCUT2D eigenvalue weighted by Gasteiger charge is 2.24. The van der Waals surface area contributed by atoms with Gasteiger partial charge in [0.1, 0.15) is 11.2 Å². The van der Waals surface area contributed by atoms with Gasteiger partial charge in [-0.25, -0.2) is 0 Å². The number of fused-ring (bicyclic) bond motifs is 9. The summed E-state index contributed by atoms with van der Waals surface area (Å²) in [4.78, 5) is 7.16. The molecule has 4 nitrogen and oxygen atoms in total. The molecule has 14 aromatic rings. The minimum Gasteiger partial charge on any atom is -0.456 e. The molecule has 0 saturated heterocycles. The largest absolute Gasteiger partial charge is 0.456 e. The molecular formula is C66H43N3OS2. The molecule has 0 bridgehead atoms. The van der Waals surface area contributed by atoms with E-state index in [4.69, 9.17) is 4.42 Å². The van der Waals surface area contributed by atoms with Gasteiger partial charge in [-0.3, -0.25) is 0 Å². The maximum Gasteiger partial charge on any atom is 0.137 e. The van der Waals surface area contributed by atoms with E-state index in [-0.39, 0.29) is 0 Å². The minimum absolute atomic E-state index is 0.855. The lowest BCUT2D eigenvalue weighted by atomic mass is 10.0. The predicted octanol–water partition coefficient (Wildman–Crippen LogP) is 20.4.